The van der Waals surface area contributed by atoms with E-state index in [-0.39, 0.29) is 22.7 Å². The van der Waals surface area contributed by atoms with Crippen LogP contribution in [0.15, 0.2) is 12.2 Å². The quantitative estimate of drug-likeness (QED) is 0.0730. The minimum Gasteiger partial charge on any atom is -0.432 e. The van der Waals surface area contributed by atoms with Crippen LogP contribution in [0.5, 0.6) is 0 Å². The van der Waals surface area contributed by atoms with Crippen molar-refractivity contribution in [3.8, 4) is 0 Å². The van der Waals surface area contributed by atoms with Crippen molar-refractivity contribution < 1.29 is 84.3 Å². The van der Waals surface area contributed by atoms with Crippen molar-refractivity contribution in [3.05, 3.63) is 12.2 Å². The number of carbonyl (C=O) groups excluding carboxylic acids is 1. The zero-order valence-electron chi connectivity index (χ0n) is 31.6. The van der Waals surface area contributed by atoms with Gasteiger partial charge in [-0.05, 0) is 93.5 Å². The zero-order valence-corrected chi connectivity index (χ0v) is 31.6. The van der Waals surface area contributed by atoms with Crippen LogP contribution in [-0.4, -0.2) is 168 Å². The van der Waals surface area contributed by atoms with Gasteiger partial charge in [0.1, 0.15) is 67.1 Å². The number of aliphatic hydroxyl groups is 10. The maximum atomic E-state index is 14.1. The number of hydrogen-bond acceptors (Lipinski definition) is 17. The molecule has 1 unspecified atom stereocenters. The molecule has 0 amide bonds. The van der Waals surface area contributed by atoms with Gasteiger partial charge in [-0.15, -0.1) is 0 Å². The number of esters is 1. The van der Waals surface area contributed by atoms with Crippen molar-refractivity contribution in [2.24, 2.45) is 28.1 Å². The van der Waals surface area contributed by atoms with E-state index in [4.69, 9.17) is 28.4 Å². The van der Waals surface area contributed by atoms with Crippen LogP contribution in [0.1, 0.15) is 78.6 Å². The molecule has 0 radical (unpaired) electrons. The van der Waals surface area contributed by atoms with Gasteiger partial charge in [-0.2, -0.15) is 0 Å². The molecule has 0 aromatic heterocycles. The molecule has 7 rings (SSSR count). The van der Waals surface area contributed by atoms with Crippen molar-refractivity contribution in [2.75, 3.05) is 13.2 Å². The molecule has 2 bridgehead atoms. The molecule has 0 aromatic carbocycles. The zero-order chi connectivity index (χ0) is 40.0. The van der Waals surface area contributed by atoms with Gasteiger partial charge < -0.3 is 79.5 Å². The summed E-state index contributed by atoms with van der Waals surface area (Å²) in [4.78, 5) is 14.1. The SMILES string of the molecule is C=C1CC23CC[C@H]4[C@@](C)(CCC[C@@]4(C)C(=O)O[C@@H]4O[C@H](CO)[C@@H](O)[C@H](O)[C@H]4O)[C@@H]2CC[C@]1(O[C@@H]1O[C@H](CO)[C@@H](O)[C@H](O)[C@H]1O[C@@H]1O[C@@H](C)[C@H](O)[C@@H](O)[C@H]1O)C3. The molecule has 7 fully saturated rings. The molecule has 3 aliphatic heterocycles. The van der Waals surface area contributed by atoms with Crippen LogP contribution >= 0.6 is 0 Å². The first-order chi connectivity index (χ1) is 25.9. The Balaban J connectivity index is 1.10. The van der Waals surface area contributed by atoms with E-state index in [1.165, 1.54) is 6.92 Å². The van der Waals surface area contributed by atoms with E-state index in [1.54, 1.807) is 0 Å². The summed E-state index contributed by atoms with van der Waals surface area (Å²) in [5, 5.41) is 104. The van der Waals surface area contributed by atoms with Gasteiger partial charge in [-0.1, -0.05) is 19.9 Å². The summed E-state index contributed by atoms with van der Waals surface area (Å²) in [7, 11) is 0. The Morgan fingerprint density at radius 3 is 2.00 bits per heavy atom. The van der Waals surface area contributed by atoms with Crippen LogP contribution in [0.2, 0.25) is 0 Å². The molecule has 55 heavy (non-hydrogen) atoms. The molecule has 10 N–H and O–H groups in total. The Morgan fingerprint density at radius 2 is 1.33 bits per heavy atom. The van der Waals surface area contributed by atoms with Gasteiger partial charge in [0, 0.05) is 0 Å². The molecular weight excluding hydrogens is 728 g/mol. The molecule has 1 spiro atoms. The Bertz CT molecular complexity index is 1430. The molecule has 3 saturated heterocycles. The summed E-state index contributed by atoms with van der Waals surface area (Å²) in [5.41, 5.74) is -1.66. The molecule has 4 aliphatic carbocycles. The first-order valence-corrected chi connectivity index (χ1v) is 19.7. The Kier molecular flexibility index (Phi) is 11.4. The number of hydrogen-bond donors (Lipinski definition) is 10. The fourth-order valence-corrected chi connectivity index (χ4v) is 12.0. The summed E-state index contributed by atoms with van der Waals surface area (Å²) in [6.07, 6.45) is -16.2. The van der Waals surface area contributed by atoms with Crippen molar-refractivity contribution in [1.82, 2.24) is 0 Å². The number of rotatable bonds is 8. The second-order valence-electron chi connectivity index (χ2n) is 18.0. The van der Waals surface area contributed by atoms with Crippen molar-refractivity contribution >= 4 is 5.97 Å². The predicted octanol–water partition coefficient (Wildman–Crippen LogP) is -1.91. The van der Waals surface area contributed by atoms with E-state index in [1.807, 2.05) is 6.92 Å². The van der Waals surface area contributed by atoms with Crippen LogP contribution < -0.4 is 0 Å². The van der Waals surface area contributed by atoms with Crippen molar-refractivity contribution in [1.29, 1.82) is 0 Å². The Labute approximate surface area is 319 Å². The average molecular weight is 789 g/mol. The summed E-state index contributed by atoms with van der Waals surface area (Å²) in [6, 6.07) is 0. The Hall–Kier alpha value is -1.39. The highest BCUT2D eigenvalue weighted by atomic mass is 16.8. The van der Waals surface area contributed by atoms with Crippen molar-refractivity contribution in [2.45, 2.75) is 176 Å². The van der Waals surface area contributed by atoms with Gasteiger partial charge in [-0.25, -0.2) is 0 Å². The fraction of sp³-hybridized carbons (Fsp3) is 0.921. The summed E-state index contributed by atoms with van der Waals surface area (Å²) < 4.78 is 35.8. The van der Waals surface area contributed by atoms with E-state index in [2.05, 4.69) is 13.5 Å². The van der Waals surface area contributed by atoms with E-state index >= 15 is 0 Å². The normalized spacial score (nSPS) is 55.4. The second kappa shape index (κ2) is 15.0. The van der Waals surface area contributed by atoms with Crippen LogP contribution in [0.25, 0.3) is 0 Å². The van der Waals surface area contributed by atoms with E-state index in [0.717, 1.165) is 24.8 Å². The summed E-state index contributed by atoms with van der Waals surface area (Å²) in [6.45, 7) is 8.81. The number of aliphatic hydroxyl groups excluding tert-OH is 10. The van der Waals surface area contributed by atoms with E-state index in [0.29, 0.717) is 38.5 Å². The average Bonchev–Trinajstić information content (AvgIpc) is 3.35. The molecule has 7 aliphatic rings. The maximum absolute atomic E-state index is 14.1. The second-order valence-corrected chi connectivity index (χ2v) is 18.0. The van der Waals surface area contributed by atoms with E-state index in [9.17, 15) is 55.9 Å². The smallest absolute Gasteiger partial charge is 0.314 e. The third kappa shape index (κ3) is 6.63. The summed E-state index contributed by atoms with van der Waals surface area (Å²) >= 11 is 0. The lowest BCUT2D eigenvalue weighted by Gasteiger charge is -2.64. The Morgan fingerprint density at radius 1 is 0.727 bits per heavy atom. The van der Waals surface area contributed by atoms with Crippen LogP contribution in [0, 0.1) is 28.1 Å². The minimum absolute atomic E-state index is 0.108. The molecule has 21 atom stereocenters. The van der Waals surface area contributed by atoms with Gasteiger partial charge in [0.2, 0.25) is 6.29 Å². The monoisotopic (exact) mass is 788 g/mol. The molecular formula is C38H60O17. The third-order valence-corrected chi connectivity index (χ3v) is 14.9. The highest BCUT2D eigenvalue weighted by molar-refractivity contribution is 5.77. The van der Waals surface area contributed by atoms with E-state index < -0.39 is 122 Å². The molecule has 17 nitrogen and oxygen atoms in total. The fourth-order valence-electron chi connectivity index (χ4n) is 12.0. The molecule has 3 heterocycles. The number of ether oxygens (including phenoxy) is 6. The molecule has 0 aromatic rings. The first-order valence-electron chi connectivity index (χ1n) is 19.7. The first kappa shape index (κ1) is 41.8. The largest absolute Gasteiger partial charge is 0.432 e. The molecule has 17 heteroatoms. The standard InChI is InChI=1S/C38H60O17/c1-16-12-37-10-6-20-35(3,8-5-9-36(20,4)34(49)54-32-29(48)26(45)23(42)18(13-39)51-32)21(37)7-11-38(16,15-37)55-33-30(27(46)24(43)19(14-40)52-33)53-31-28(47)25(44)22(41)17(2)50-31/h17-33,39-48H,1,5-15H2,2-4H3/t17-,18+,19+,20-,21-,22-,23+,24+,25+,26-,27-,28+,29+,30+,31-,32-,33-,35+,36+,37?,38-/m0/s1. The van der Waals surface area contributed by atoms with Gasteiger partial charge >= 0.3 is 5.97 Å². The highest BCUT2D eigenvalue weighted by Gasteiger charge is 2.69. The molecule has 4 saturated carbocycles. The minimum atomic E-state index is -1.70. The van der Waals surface area contributed by atoms with Crippen molar-refractivity contribution in [3.63, 3.8) is 0 Å². The number of carbonyl (C=O) groups is 1. The highest BCUT2D eigenvalue weighted by Crippen LogP contribution is 2.73. The van der Waals surface area contributed by atoms with Gasteiger partial charge in [0.15, 0.2) is 12.6 Å². The van der Waals surface area contributed by atoms with Gasteiger partial charge in [-0.3, -0.25) is 4.79 Å². The van der Waals surface area contributed by atoms with Crippen LogP contribution in [-0.2, 0) is 33.2 Å². The third-order valence-electron chi connectivity index (χ3n) is 14.9. The lowest BCUT2D eigenvalue weighted by molar-refractivity contribution is -0.376. The lowest BCUT2D eigenvalue weighted by atomic mass is 9.41. The lowest BCUT2D eigenvalue weighted by Crippen LogP contribution is -2.65. The van der Waals surface area contributed by atoms with Crippen LogP contribution in [0.3, 0.4) is 0 Å². The summed E-state index contributed by atoms with van der Waals surface area (Å²) in [5.74, 6) is -0.536. The molecule has 314 valence electrons. The van der Waals surface area contributed by atoms with Gasteiger partial charge in [0.05, 0.1) is 30.3 Å². The van der Waals surface area contributed by atoms with Crippen LogP contribution in [0.4, 0.5) is 0 Å². The maximum Gasteiger partial charge on any atom is 0.314 e. The number of fused-ring (bicyclic) bond motifs is 3. The topological polar surface area (TPSA) is 275 Å². The van der Waals surface area contributed by atoms with Gasteiger partial charge in [0.25, 0.3) is 0 Å². The predicted molar refractivity (Wildman–Crippen MR) is 185 cm³/mol.